The van der Waals surface area contributed by atoms with Crippen molar-refractivity contribution in [1.29, 1.82) is 0 Å². The molecule has 0 saturated carbocycles. The molecule has 6 heteroatoms. The zero-order valence-electron chi connectivity index (χ0n) is 13.0. The lowest BCUT2D eigenvalue weighted by Crippen LogP contribution is -2.47. The number of thiocarbonyl (C=S) groups is 1. The van der Waals surface area contributed by atoms with Gasteiger partial charge in [-0.15, -0.1) is 0 Å². The lowest BCUT2D eigenvalue weighted by atomic mass is 10.0. The normalized spacial score (nSPS) is 16.4. The molecule has 2 aromatic rings. The first kappa shape index (κ1) is 15.1. The Labute approximate surface area is 135 Å². The Hall–Kier alpha value is -1.82. The number of rotatable bonds is 2. The lowest BCUT2D eigenvalue weighted by molar-refractivity contribution is 0.264. The third-order valence-electron chi connectivity index (χ3n) is 4.15. The van der Waals surface area contributed by atoms with E-state index in [0.29, 0.717) is 6.04 Å². The van der Waals surface area contributed by atoms with E-state index in [1.807, 2.05) is 28.8 Å². The summed E-state index contributed by atoms with van der Waals surface area (Å²) >= 11 is 5.43. The monoisotopic (exact) mass is 318 g/mol. The maximum atomic E-state index is 12.3. The zero-order chi connectivity index (χ0) is 15.7. The fourth-order valence-corrected chi connectivity index (χ4v) is 3.52. The van der Waals surface area contributed by atoms with Crippen LogP contribution in [0.2, 0.25) is 0 Å². The molecule has 0 radical (unpaired) electrons. The van der Waals surface area contributed by atoms with E-state index >= 15 is 0 Å². The number of nitrogens with zero attached hydrogens (tertiary/aromatic N) is 2. The molecular formula is C16H22N4OS. The van der Waals surface area contributed by atoms with Crippen LogP contribution in [-0.4, -0.2) is 38.7 Å². The van der Waals surface area contributed by atoms with Crippen LogP contribution in [0, 0.1) is 0 Å². The van der Waals surface area contributed by atoms with Crippen LogP contribution in [0.4, 0.5) is 0 Å². The molecule has 1 fully saturated rings. The Morgan fingerprint density at radius 2 is 2.00 bits per heavy atom. The first-order valence-corrected chi connectivity index (χ1v) is 8.22. The minimum Gasteiger partial charge on any atom is -0.360 e. The van der Waals surface area contributed by atoms with Gasteiger partial charge < -0.3 is 15.2 Å². The summed E-state index contributed by atoms with van der Waals surface area (Å²) in [7, 11) is 0. The molecule has 1 aromatic carbocycles. The molecule has 0 bridgehead atoms. The highest BCUT2D eigenvalue weighted by Gasteiger charge is 2.24. The van der Waals surface area contributed by atoms with E-state index < -0.39 is 0 Å². The van der Waals surface area contributed by atoms with Gasteiger partial charge in [0.25, 0.3) is 0 Å². The zero-order valence-corrected chi connectivity index (χ0v) is 13.8. The van der Waals surface area contributed by atoms with Crippen LogP contribution >= 0.6 is 12.2 Å². The van der Waals surface area contributed by atoms with Gasteiger partial charge in [-0.05, 0) is 51.0 Å². The van der Waals surface area contributed by atoms with E-state index in [1.165, 1.54) is 0 Å². The maximum Gasteiger partial charge on any atom is 0.326 e. The molecule has 1 saturated heterocycles. The highest BCUT2D eigenvalue weighted by atomic mass is 32.1. The second-order valence-electron chi connectivity index (χ2n) is 6.14. The van der Waals surface area contributed by atoms with Crippen molar-refractivity contribution in [3.63, 3.8) is 0 Å². The molecule has 118 valence electrons. The van der Waals surface area contributed by atoms with Crippen molar-refractivity contribution in [2.24, 2.45) is 0 Å². The number of hydrogen-bond donors (Lipinski definition) is 2. The topological polar surface area (TPSA) is 53.1 Å². The van der Waals surface area contributed by atoms with Crippen molar-refractivity contribution in [3.05, 3.63) is 34.7 Å². The van der Waals surface area contributed by atoms with Crippen LogP contribution in [0.3, 0.4) is 0 Å². The van der Waals surface area contributed by atoms with E-state index in [0.717, 1.165) is 42.1 Å². The largest absolute Gasteiger partial charge is 0.360 e. The van der Waals surface area contributed by atoms with Crippen LogP contribution in [-0.2, 0) is 0 Å². The smallest absolute Gasteiger partial charge is 0.326 e. The molecule has 1 aromatic heterocycles. The molecule has 0 spiro atoms. The molecule has 0 aliphatic carbocycles. The predicted octanol–water partition coefficient (Wildman–Crippen LogP) is 2.25. The summed E-state index contributed by atoms with van der Waals surface area (Å²) < 4.78 is 1.91. The SMILES string of the molecule is CC(C)NC(=S)N1CCC(n2c(=O)[nH]c3ccccc32)CC1. The summed E-state index contributed by atoms with van der Waals surface area (Å²) in [5, 5.41) is 4.10. The number of aromatic amines is 1. The van der Waals surface area contributed by atoms with Crippen LogP contribution in [0.5, 0.6) is 0 Å². The summed E-state index contributed by atoms with van der Waals surface area (Å²) in [4.78, 5) is 17.4. The Kier molecular flexibility index (Phi) is 4.20. The average Bonchev–Trinajstić information content (AvgIpc) is 2.82. The molecule has 2 N–H and O–H groups in total. The standard InChI is InChI=1S/C16H22N4OS/c1-11(2)17-16(22)19-9-7-12(8-10-19)20-14-6-4-3-5-13(14)18-15(20)21/h3-6,11-12H,7-10H2,1-2H3,(H,17,22)(H,18,21). The van der Waals surface area contributed by atoms with Gasteiger partial charge >= 0.3 is 5.69 Å². The summed E-state index contributed by atoms with van der Waals surface area (Å²) in [5.41, 5.74) is 1.89. The van der Waals surface area contributed by atoms with Gasteiger partial charge in [0.15, 0.2) is 5.11 Å². The molecule has 0 amide bonds. The number of nitrogens with one attached hydrogen (secondary N) is 2. The van der Waals surface area contributed by atoms with Crippen molar-refractivity contribution in [2.45, 2.75) is 38.8 Å². The van der Waals surface area contributed by atoms with Gasteiger partial charge in [0, 0.05) is 25.2 Å². The van der Waals surface area contributed by atoms with Crippen LogP contribution in [0.25, 0.3) is 11.0 Å². The minimum atomic E-state index is -0.0115. The number of aromatic nitrogens is 2. The fraction of sp³-hybridized carbons (Fsp3) is 0.500. The van der Waals surface area contributed by atoms with Crippen molar-refractivity contribution in [3.8, 4) is 0 Å². The van der Waals surface area contributed by atoms with E-state index in [2.05, 4.69) is 29.0 Å². The van der Waals surface area contributed by atoms with Crippen molar-refractivity contribution >= 4 is 28.4 Å². The lowest BCUT2D eigenvalue weighted by Gasteiger charge is -2.34. The van der Waals surface area contributed by atoms with Crippen molar-refractivity contribution in [2.75, 3.05) is 13.1 Å². The molecule has 0 atom stereocenters. The van der Waals surface area contributed by atoms with Crippen LogP contribution in [0.15, 0.2) is 29.1 Å². The Morgan fingerprint density at radius 3 is 2.68 bits per heavy atom. The molecule has 5 nitrogen and oxygen atoms in total. The number of imidazole rings is 1. The fourth-order valence-electron chi connectivity index (χ4n) is 3.10. The number of hydrogen-bond acceptors (Lipinski definition) is 2. The molecule has 3 rings (SSSR count). The predicted molar refractivity (Wildman–Crippen MR) is 93.3 cm³/mol. The molecular weight excluding hydrogens is 296 g/mol. The van der Waals surface area contributed by atoms with Crippen molar-refractivity contribution in [1.82, 2.24) is 19.8 Å². The van der Waals surface area contributed by atoms with Crippen LogP contribution < -0.4 is 11.0 Å². The average molecular weight is 318 g/mol. The highest BCUT2D eigenvalue weighted by Crippen LogP contribution is 2.24. The molecule has 0 unspecified atom stereocenters. The molecule has 22 heavy (non-hydrogen) atoms. The third kappa shape index (κ3) is 2.88. The Bertz CT molecular complexity index is 725. The van der Waals surface area contributed by atoms with Gasteiger partial charge in [-0.1, -0.05) is 12.1 Å². The second-order valence-corrected chi connectivity index (χ2v) is 6.53. The summed E-state index contributed by atoms with van der Waals surface area (Å²) in [5.74, 6) is 0. The number of piperidine rings is 1. The quantitative estimate of drug-likeness (QED) is 0.834. The Morgan fingerprint density at radius 1 is 1.32 bits per heavy atom. The first-order chi connectivity index (χ1) is 10.6. The van der Waals surface area contributed by atoms with Gasteiger partial charge in [0.05, 0.1) is 11.0 Å². The number of benzene rings is 1. The van der Waals surface area contributed by atoms with Crippen LogP contribution in [0.1, 0.15) is 32.7 Å². The number of H-pyrrole nitrogens is 1. The molecule has 1 aliphatic heterocycles. The summed E-state index contributed by atoms with van der Waals surface area (Å²) in [6.45, 7) is 5.94. The number of para-hydroxylation sites is 2. The van der Waals surface area contributed by atoms with Gasteiger partial charge in [-0.25, -0.2) is 4.79 Å². The van der Waals surface area contributed by atoms with Gasteiger partial charge in [0.1, 0.15) is 0 Å². The Balaban J connectivity index is 1.75. The molecule has 1 aliphatic rings. The number of likely N-dealkylation sites (tertiary alicyclic amines) is 1. The van der Waals surface area contributed by atoms with Crippen molar-refractivity contribution < 1.29 is 0 Å². The van der Waals surface area contributed by atoms with E-state index in [1.54, 1.807) is 0 Å². The highest BCUT2D eigenvalue weighted by molar-refractivity contribution is 7.80. The molecule has 2 heterocycles. The summed E-state index contributed by atoms with van der Waals surface area (Å²) in [6.07, 6.45) is 1.86. The van der Waals surface area contributed by atoms with Gasteiger partial charge in [-0.2, -0.15) is 0 Å². The first-order valence-electron chi connectivity index (χ1n) is 7.81. The minimum absolute atomic E-state index is 0.0115. The van der Waals surface area contributed by atoms with E-state index in [9.17, 15) is 4.79 Å². The summed E-state index contributed by atoms with van der Waals surface area (Å²) in [6, 6.07) is 8.46. The maximum absolute atomic E-state index is 12.3. The van der Waals surface area contributed by atoms with E-state index in [-0.39, 0.29) is 11.7 Å². The van der Waals surface area contributed by atoms with E-state index in [4.69, 9.17) is 12.2 Å². The third-order valence-corrected chi connectivity index (χ3v) is 4.53. The second kappa shape index (κ2) is 6.12. The number of fused-ring (bicyclic) bond motifs is 1. The van der Waals surface area contributed by atoms with Gasteiger partial charge in [-0.3, -0.25) is 4.57 Å². The van der Waals surface area contributed by atoms with Gasteiger partial charge in [0.2, 0.25) is 0 Å².